The lowest BCUT2D eigenvalue weighted by Gasteiger charge is -2.05. The Morgan fingerprint density at radius 3 is 3.18 bits per heavy atom. The van der Waals surface area contributed by atoms with Crippen molar-refractivity contribution in [3.8, 4) is 0 Å². The molecular weight excluding hydrogens is 220 g/mol. The minimum Gasteiger partial charge on any atom is -0.465 e. The second-order valence-corrected chi connectivity index (χ2v) is 3.38. The molecule has 0 aromatic carbocycles. The third-order valence-electron chi connectivity index (χ3n) is 2.21. The topological polar surface area (TPSA) is 79.9 Å². The molecule has 0 radical (unpaired) electrons. The van der Waals surface area contributed by atoms with E-state index in [1.54, 1.807) is 30.7 Å². The Hall–Kier alpha value is -2.37. The van der Waals surface area contributed by atoms with Gasteiger partial charge in [0, 0.05) is 24.5 Å². The standard InChI is InChI=1S/C11H12N4O2/c1-17-11(16)9-2-3-12-10(4-9)13-5-8-6-14-15-7-8/h2-4,6-7H,5H2,1H3,(H,12,13)(H,14,15). The van der Waals surface area contributed by atoms with Crippen LogP contribution in [0.2, 0.25) is 0 Å². The summed E-state index contributed by atoms with van der Waals surface area (Å²) in [6, 6.07) is 3.25. The van der Waals surface area contributed by atoms with Crippen molar-refractivity contribution in [2.75, 3.05) is 12.4 Å². The quantitative estimate of drug-likeness (QED) is 0.774. The first-order valence-electron chi connectivity index (χ1n) is 5.05. The Morgan fingerprint density at radius 2 is 2.47 bits per heavy atom. The number of carbonyl (C=O) groups excluding carboxylic acids is 1. The molecule has 0 aliphatic carbocycles. The summed E-state index contributed by atoms with van der Waals surface area (Å²) in [6.07, 6.45) is 5.07. The third kappa shape index (κ3) is 2.81. The summed E-state index contributed by atoms with van der Waals surface area (Å²) in [5, 5.41) is 9.64. The molecule has 0 aliphatic heterocycles. The molecule has 88 valence electrons. The van der Waals surface area contributed by atoms with Crippen molar-refractivity contribution in [1.29, 1.82) is 0 Å². The zero-order chi connectivity index (χ0) is 12.1. The van der Waals surface area contributed by atoms with Gasteiger partial charge in [0.1, 0.15) is 5.82 Å². The van der Waals surface area contributed by atoms with Gasteiger partial charge in [0.2, 0.25) is 0 Å². The Labute approximate surface area is 98.0 Å². The van der Waals surface area contributed by atoms with Crippen molar-refractivity contribution in [3.05, 3.63) is 41.9 Å². The third-order valence-corrected chi connectivity index (χ3v) is 2.21. The van der Waals surface area contributed by atoms with E-state index in [0.29, 0.717) is 17.9 Å². The van der Waals surface area contributed by atoms with Crippen molar-refractivity contribution >= 4 is 11.8 Å². The first-order valence-corrected chi connectivity index (χ1v) is 5.05. The largest absolute Gasteiger partial charge is 0.465 e. The van der Waals surface area contributed by atoms with Gasteiger partial charge >= 0.3 is 5.97 Å². The number of ether oxygens (including phenoxy) is 1. The predicted octanol–water partition coefficient (Wildman–Crippen LogP) is 1.20. The van der Waals surface area contributed by atoms with E-state index in [1.807, 2.05) is 0 Å². The summed E-state index contributed by atoms with van der Waals surface area (Å²) >= 11 is 0. The number of carbonyl (C=O) groups is 1. The number of esters is 1. The molecule has 0 saturated carbocycles. The molecule has 2 aromatic rings. The van der Waals surface area contributed by atoms with Gasteiger partial charge in [-0.15, -0.1) is 0 Å². The number of nitrogens with one attached hydrogen (secondary N) is 2. The molecule has 0 aliphatic rings. The first-order chi connectivity index (χ1) is 8.29. The number of nitrogens with zero attached hydrogens (tertiary/aromatic N) is 2. The van der Waals surface area contributed by atoms with Crippen LogP contribution < -0.4 is 5.32 Å². The number of aromatic nitrogens is 3. The highest BCUT2D eigenvalue weighted by Gasteiger charge is 2.06. The fraction of sp³-hybridized carbons (Fsp3) is 0.182. The van der Waals surface area contributed by atoms with Crippen LogP contribution in [0, 0.1) is 0 Å². The van der Waals surface area contributed by atoms with E-state index in [2.05, 4.69) is 25.2 Å². The number of anilines is 1. The number of H-pyrrole nitrogens is 1. The van der Waals surface area contributed by atoms with Crippen LogP contribution in [0.15, 0.2) is 30.7 Å². The van der Waals surface area contributed by atoms with Crippen LogP contribution in [-0.4, -0.2) is 28.3 Å². The summed E-state index contributed by atoms with van der Waals surface area (Å²) in [4.78, 5) is 15.4. The van der Waals surface area contributed by atoms with Crippen LogP contribution in [-0.2, 0) is 11.3 Å². The van der Waals surface area contributed by atoms with Crippen molar-refractivity contribution in [3.63, 3.8) is 0 Å². The van der Waals surface area contributed by atoms with Crippen LogP contribution in [0.1, 0.15) is 15.9 Å². The van der Waals surface area contributed by atoms with Crippen LogP contribution in [0.4, 0.5) is 5.82 Å². The molecule has 0 bridgehead atoms. The van der Waals surface area contributed by atoms with Gasteiger partial charge in [-0.25, -0.2) is 9.78 Å². The highest BCUT2D eigenvalue weighted by Crippen LogP contribution is 2.09. The number of methoxy groups -OCH3 is 1. The van der Waals surface area contributed by atoms with E-state index in [9.17, 15) is 4.79 Å². The van der Waals surface area contributed by atoms with Gasteiger partial charge in [0.05, 0.1) is 18.9 Å². The number of rotatable bonds is 4. The Morgan fingerprint density at radius 1 is 1.59 bits per heavy atom. The Kier molecular flexibility index (Phi) is 3.34. The van der Waals surface area contributed by atoms with E-state index in [4.69, 9.17) is 0 Å². The van der Waals surface area contributed by atoms with Gasteiger partial charge in [0.15, 0.2) is 0 Å². The number of pyridine rings is 1. The summed E-state index contributed by atoms with van der Waals surface area (Å²) in [7, 11) is 1.35. The lowest BCUT2D eigenvalue weighted by Crippen LogP contribution is -2.05. The van der Waals surface area contributed by atoms with Crippen molar-refractivity contribution in [2.45, 2.75) is 6.54 Å². The molecule has 0 spiro atoms. The fourth-order valence-corrected chi connectivity index (χ4v) is 1.34. The molecule has 2 aromatic heterocycles. The molecule has 2 rings (SSSR count). The lowest BCUT2D eigenvalue weighted by atomic mass is 10.2. The SMILES string of the molecule is COC(=O)c1ccnc(NCc2cn[nH]c2)c1. The maximum atomic E-state index is 11.3. The van der Waals surface area contributed by atoms with Crippen LogP contribution in [0.25, 0.3) is 0 Å². The van der Waals surface area contributed by atoms with Gasteiger partial charge in [-0.3, -0.25) is 5.10 Å². The molecule has 6 heteroatoms. The van der Waals surface area contributed by atoms with E-state index in [-0.39, 0.29) is 5.97 Å². The van der Waals surface area contributed by atoms with Crippen molar-refractivity contribution < 1.29 is 9.53 Å². The lowest BCUT2D eigenvalue weighted by molar-refractivity contribution is 0.0600. The molecule has 0 fully saturated rings. The summed E-state index contributed by atoms with van der Waals surface area (Å²) < 4.78 is 4.63. The zero-order valence-corrected chi connectivity index (χ0v) is 9.30. The number of hydrogen-bond acceptors (Lipinski definition) is 5. The van der Waals surface area contributed by atoms with Gasteiger partial charge in [-0.1, -0.05) is 0 Å². The first kappa shape index (κ1) is 11.1. The molecular formula is C11H12N4O2. The summed E-state index contributed by atoms with van der Waals surface area (Å²) in [6.45, 7) is 0.591. The molecule has 0 saturated heterocycles. The molecule has 2 heterocycles. The molecule has 0 amide bonds. The fourth-order valence-electron chi connectivity index (χ4n) is 1.34. The minimum absolute atomic E-state index is 0.376. The number of hydrogen-bond donors (Lipinski definition) is 2. The summed E-state index contributed by atoms with van der Waals surface area (Å²) in [5.41, 5.74) is 1.48. The second kappa shape index (κ2) is 5.11. The van der Waals surface area contributed by atoms with Crippen molar-refractivity contribution in [1.82, 2.24) is 15.2 Å². The van der Waals surface area contributed by atoms with Gasteiger partial charge in [-0.05, 0) is 12.1 Å². The average Bonchev–Trinajstić information content (AvgIpc) is 2.89. The summed E-state index contributed by atoms with van der Waals surface area (Å²) in [5.74, 6) is 0.243. The molecule has 6 nitrogen and oxygen atoms in total. The Bertz CT molecular complexity index is 496. The van der Waals surface area contributed by atoms with Gasteiger partial charge in [-0.2, -0.15) is 5.10 Å². The van der Waals surface area contributed by atoms with E-state index < -0.39 is 0 Å². The maximum Gasteiger partial charge on any atom is 0.338 e. The van der Waals surface area contributed by atoms with E-state index in [0.717, 1.165) is 5.56 Å². The van der Waals surface area contributed by atoms with Crippen LogP contribution in [0.5, 0.6) is 0 Å². The second-order valence-electron chi connectivity index (χ2n) is 3.38. The average molecular weight is 232 g/mol. The molecule has 17 heavy (non-hydrogen) atoms. The van der Waals surface area contributed by atoms with Gasteiger partial charge in [0.25, 0.3) is 0 Å². The maximum absolute atomic E-state index is 11.3. The highest BCUT2D eigenvalue weighted by atomic mass is 16.5. The van der Waals surface area contributed by atoms with Crippen LogP contribution >= 0.6 is 0 Å². The highest BCUT2D eigenvalue weighted by molar-refractivity contribution is 5.89. The predicted molar refractivity (Wildman–Crippen MR) is 61.5 cm³/mol. The zero-order valence-electron chi connectivity index (χ0n) is 9.30. The van der Waals surface area contributed by atoms with Crippen LogP contribution in [0.3, 0.4) is 0 Å². The normalized spacial score (nSPS) is 9.94. The number of aromatic amines is 1. The smallest absolute Gasteiger partial charge is 0.338 e. The van der Waals surface area contributed by atoms with Gasteiger partial charge < -0.3 is 10.1 Å². The van der Waals surface area contributed by atoms with E-state index in [1.165, 1.54) is 7.11 Å². The monoisotopic (exact) mass is 232 g/mol. The van der Waals surface area contributed by atoms with E-state index >= 15 is 0 Å². The molecule has 0 atom stereocenters. The Balaban J connectivity index is 2.03. The van der Waals surface area contributed by atoms with Crippen molar-refractivity contribution in [2.24, 2.45) is 0 Å². The minimum atomic E-state index is -0.376. The molecule has 0 unspecified atom stereocenters. The molecule has 2 N–H and O–H groups in total.